The molecule has 0 aliphatic carbocycles. The predicted octanol–water partition coefficient (Wildman–Crippen LogP) is 6.49. The summed E-state index contributed by atoms with van der Waals surface area (Å²) in [5, 5.41) is 0. The van der Waals surface area contributed by atoms with E-state index in [1.807, 2.05) is 0 Å². The Morgan fingerprint density at radius 3 is 1.44 bits per heavy atom. The van der Waals surface area contributed by atoms with Gasteiger partial charge in [-0.25, -0.2) is 0 Å². The maximum Gasteiger partial charge on any atom is 0.318 e. The van der Waals surface area contributed by atoms with Crippen LogP contribution in [0.3, 0.4) is 0 Å². The fourth-order valence-electron chi connectivity index (χ4n) is 6.22. The lowest BCUT2D eigenvalue weighted by molar-refractivity contribution is -1.02. The van der Waals surface area contributed by atoms with E-state index in [9.17, 15) is 0 Å². The largest absolute Gasteiger partial charge is 0.444 e. The topological polar surface area (TPSA) is 17.0 Å². The Morgan fingerprint density at radius 2 is 1.03 bits per heavy atom. The molecule has 4 heteroatoms. The van der Waals surface area contributed by atoms with Crippen LogP contribution in [0, 0.1) is 0 Å². The van der Waals surface area contributed by atoms with Gasteiger partial charge in [0, 0.05) is 23.3 Å². The summed E-state index contributed by atoms with van der Waals surface area (Å²) in [4.78, 5) is 0. The Kier molecular flexibility index (Phi) is 3.48. The number of nitrogens with zero attached hydrogens (tertiary/aromatic N) is 3. The summed E-state index contributed by atoms with van der Waals surface area (Å²) in [5.41, 5.74) is 10.1. The van der Waals surface area contributed by atoms with Crippen molar-refractivity contribution in [2.24, 2.45) is 0 Å². The Labute approximate surface area is 200 Å². The standard InChI is InChI=1S/C30H30N3O/c1-29(2,3)21-13-9-17-31-25(21)19-11-7-15-23-27(19)33(31)28-20(12-8-16-24(28)34-23)26-22(30(4,5)6)14-10-18-32(26)33/h7-18H,1-6H3/q+3. The molecule has 0 bridgehead atoms. The summed E-state index contributed by atoms with van der Waals surface area (Å²) in [7, 11) is 0. The van der Waals surface area contributed by atoms with Gasteiger partial charge in [-0.2, -0.15) is 0 Å². The molecular weight excluding hydrogens is 418 g/mol. The van der Waals surface area contributed by atoms with Gasteiger partial charge in [0.1, 0.15) is 11.1 Å². The molecule has 3 aliphatic heterocycles. The number of hydrogen-bond donors (Lipinski definition) is 0. The van der Waals surface area contributed by atoms with Gasteiger partial charge in [-0.1, -0.05) is 53.7 Å². The molecule has 2 aromatic heterocycles. The molecule has 0 saturated heterocycles. The van der Waals surface area contributed by atoms with Crippen LogP contribution < -0.4 is 18.8 Å². The minimum absolute atomic E-state index is 0.00230. The van der Waals surface area contributed by atoms with Crippen molar-refractivity contribution < 1.29 is 14.1 Å². The van der Waals surface area contributed by atoms with Crippen LogP contribution in [0.4, 0.5) is 11.4 Å². The number of fused-ring (bicyclic) bond motifs is 4. The molecule has 5 heterocycles. The first-order valence-electron chi connectivity index (χ1n) is 12.1. The SMILES string of the molecule is CC(C)(C)c1ccc[n+]2c1-c1cccc3c1[N+]21c2c(cccc2-c2c(C(C)(C)C)ccc[n+]21)O3. The normalized spacial score (nSPS) is 15.8. The smallest absolute Gasteiger partial charge is 0.318 e. The van der Waals surface area contributed by atoms with E-state index in [1.165, 1.54) is 45.0 Å². The molecule has 7 rings (SSSR count). The molecule has 34 heavy (non-hydrogen) atoms. The molecule has 0 saturated carbocycles. The second-order valence-corrected chi connectivity index (χ2v) is 11.7. The van der Waals surface area contributed by atoms with Crippen molar-refractivity contribution in [2.75, 3.05) is 0 Å². The van der Waals surface area contributed by atoms with E-state index < -0.39 is 0 Å². The van der Waals surface area contributed by atoms with Gasteiger partial charge in [0.15, 0.2) is 4.70 Å². The molecule has 4 nitrogen and oxygen atoms in total. The van der Waals surface area contributed by atoms with E-state index in [4.69, 9.17) is 4.74 Å². The number of para-hydroxylation sites is 2. The molecule has 0 fully saturated rings. The predicted molar refractivity (Wildman–Crippen MR) is 134 cm³/mol. The van der Waals surface area contributed by atoms with Crippen molar-refractivity contribution in [2.45, 2.75) is 52.4 Å². The molecule has 0 unspecified atom stereocenters. The molecule has 4 aromatic rings. The van der Waals surface area contributed by atoms with Crippen molar-refractivity contribution in [3.63, 3.8) is 0 Å². The molecule has 2 aromatic carbocycles. The van der Waals surface area contributed by atoms with Gasteiger partial charge in [0.05, 0.1) is 9.35 Å². The summed E-state index contributed by atoms with van der Waals surface area (Å²) < 4.78 is 12.0. The van der Waals surface area contributed by atoms with Crippen LogP contribution in [0.1, 0.15) is 52.7 Å². The molecule has 0 amide bonds. The Hall–Kier alpha value is -3.50. The highest BCUT2D eigenvalue weighted by atomic mass is 16.5. The highest BCUT2D eigenvalue weighted by Gasteiger charge is 2.73. The lowest BCUT2D eigenvalue weighted by Crippen LogP contribution is -2.81. The van der Waals surface area contributed by atoms with Crippen LogP contribution in [0.25, 0.3) is 22.5 Å². The van der Waals surface area contributed by atoms with Crippen molar-refractivity contribution in [1.82, 2.24) is 4.70 Å². The third kappa shape index (κ3) is 2.13. The molecule has 1 spiro atoms. The van der Waals surface area contributed by atoms with Gasteiger partial charge >= 0.3 is 11.4 Å². The Balaban J connectivity index is 1.75. The van der Waals surface area contributed by atoms with E-state index >= 15 is 0 Å². The number of ether oxygens (including phenoxy) is 1. The summed E-state index contributed by atoms with van der Waals surface area (Å²) in [5.74, 6) is 1.85. The van der Waals surface area contributed by atoms with Crippen LogP contribution in [0.15, 0.2) is 73.1 Å². The first-order chi connectivity index (χ1) is 16.1. The highest BCUT2D eigenvalue weighted by Crippen LogP contribution is 2.61. The minimum Gasteiger partial charge on any atom is -0.444 e. The molecular formula is C30H30N3O+3. The average Bonchev–Trinajstić information content (AvgIpc) is 3.27. The van der Waals surface area contributed by atoms with Gasteiger partial charge in [0.25, 0.3) is 11.4 Å². The second kappa shape index (κ2) is 5.94. The molecule has 0 radical (unpaired) electrons. The van der Waals surface area contributed by atoms with Crippen molar-refractivity contribution in [1.29, 1.82) is 0 Å². The number of benzene rings is 2. The Bertz CT molecular complexity index is 1440. The first-order valence-corrected chi connectivity index (χ1v) is 12.1. The van der Waals surface area contributed by atoms with Gasteiger partial charge in [-0.15, -0.1) is 0 Å². The second-order valence-electron chi connectivity index (χ2n) is 11.7. The Morgan fingerprint density at radius 1 is 0.588 bits per heavy atom. The lowest BCUT2D eigenvalue weighted by atomic mass is 9.84. The quantitative estimate of drug-likeness (QED) is 0.191. The van der Waals surface area contributed by atoms with Gasteiger partial charge in [-0.3, -0.25) is 0 Å². The van der Waals surface area contributed by atoms with E-state index in [0.717, 1.165) is 11.5 Å². The third-order valence-corrected chi connectivity index (χ3v) is 7.54. The number of rotatable bonds is 0. The first kappa shape index (κ1) is 19.9. The maximum atomic E-state index is 6.63. The fraction of sp³-hybridized carbons (Fsp3) is 0.267. The number of pyridine rings is 2. The summed E-state index contributed by atoms with van der Waals surface area (Å²) in [6.07, 6.45) is 4.48. The third-order valence-electron chi connectivity index (χ3n) is 7.54. The van der Waals surface area contributed by atoms with Crippen molar-refractivity contribution >= 4 is 11.4 Å². The van der Waals surface area contributed by atoms with E-state index in [2.05, 4.69) is 124 Å². The van der Waals surface area contributed by atoms with E-state index in [0.29, 0.717) is 4.70 Å². The molecule has 0 atom stereocenters. The van der Waals surface area contributed by atoms with Gasteiger partial charge in [-0.05, 0) is 47.2 Å². The zero-order valence-electron chi connectivity index (χ0n) is 20.7. The molecule has 3 aliphatic rings. The van der Waals surface area contributed by atoms with Crippen LogP contribution in [0.5, 0.6) is 11.5 Å². The molecule has 0 N–H and O–H groups in total. The number of aromatic nitrogens is 2. The van der Waals surface area contributed by atoms with Gasteiger partial charge < -0.3 is 4.74 Å². The monoisotopic (exact) mass is 448 g/mol. The van der Waals surface area contributed by atoms with Crippen LogP contribution in [-0.2, 0) is 10.8 Å². The fourth-order valence-corrected chi connectivity index (χ4v) is 6.22. The highest BCUT2D eigenvalue weighted by molar-refractivity contribution is 5.93. The number of quaternary nitrogens is 1. The van der Waals surface area contributed by atoms with Crippen LogP contribution in [0.2, 0.25) is 0 Å². The molecule has 168 valence electrons. The van der Waals surface area contributed by atoms with Crippen molar-refractivity contribution in [3.05, 3.63) is 84.2 Å². The van der Waals surface area contributed by atoms with Crippen LogP contribution in [-0.4, -0.2) is 0 Å². The van der Waals surface area contributed by atoms with E-state index in [-0.39, 0.29) is 10.8 Å². The lowest BCUT2D eigenvalue weighted by Gasteiger charge is -2.24. The summed E-state index contributed by atoms with van der Waals surface area (Å²) in [6.45, 7) is 13.8. The van der Waals surface area contributed by atoms with Crippen LogP contribution >= 0.6 is 0 Å². The van der Waals surface area contributed by atoms with Crippen molar-refractivity contribution in [3.8, 4) is 34.0 Å². The minimum atomic E-state index is -0.00230. The number of hydrogen-bond acceptors (Lipinski definition) is 1. The maximum absolute atomic E-state index is 6.63. The zero-order chi connectivity index (χ0) is 23.6. The average molecular weight is 449 g/mol. The van der Waals surface area contributed by atoms with Gasteiger partial charge in [0.2, 0.25) is 23.9 Å². The summed E-state index contributed by atoms with van der Waals surface area (Å²) >= 11 is 0. The summed E-state index contributed by atoms with van der Waals surface area (Å²) in [6, 6.07) is 22.0. The van der Waals surface area contributed by atoms with E-state index in [1.54, 1.807) is 0 Å². The zero-order valence-corrected chi connectivity index (χ0v) is 20.7.